The molecular formula is C32H42N5O5S2+3. The monoisotopic (exact) mass is 640 g/mol. The van der Waals surface area contributed by atoms with Crippen LogP contribution in [0.3, 0.4) is 0 Å². The number of amides is 1. The Bertz CT molecular complexity index is 1670. The van der Waals surface area contributed by atoms with Gasteiger partial charge in [0.15, 0.2) is 0 Å². The molecule has 1 amide bonds. The Morgan fingerprint density at radius 3 is 2.50 bits per heavy atom. The highest BCUT2D eigenvalue weighted by Gasteiger charge is 2.60. The van der Waals surface area contributed by atoms with E-state index in [1.807, 2.05) is 13.1 Å². The summed E-state index contributed by atoms with van der Waals surface area (Å²) < 4.78 is 6.48. The largest absolute Gasteiger partial charge is 0.477 e. The number of aliphatic hydroxyl groups is 2. The van der Waals surface area contributed by atoms with Gasteiger partial charge in [-0.15, -0.1) is 0 Å². The lowest BCUT2D eigenvalue weighted by atomic mass is 9.77. The molecule has 7 heterocycles. The van der Waals surface area contributed by atoms with E-state index in [2.05, 4.69) is 52.7 Å². The molecule has 44 heavy (non-hydrogen) atoms. The first kappa shape index (κ1) is 29.9. The predicted octanol–water partition coefficient (Wildman–Crippen LogP) is 2.42. The number of aromatic nitrogens is 2. The Labute approximate surface area is 265 Å². The normalized spacial score (nSPS) is 31.0. The highest BCUT2D eigenvalue weighted by Crippen LogP contribution is 2.51. The maximum Gasteiger partial charge on any atom is 0.352 e. The standard InChI is InChI=1S/C32H41N5O5S2/c1-19-25(28(32(41)42)35-27(19)26(21(3)39)29(35)40)24-17-33-18-34(31(43-4)30(33)44-24)20(2)22-6-5-7-23(16-22)37-11-8-36(9-12-37,10-13-37)14-15-38/h5-7,16-21,26-27,38-39H,8-15H2,1-4H3/q+2/p+1/t19-,20?,21+,26+,27+,36?,37?/m0/s1. The van der Waals surface area contributed by atoms with E-state index in [1.165, 1.54) is 16.2 Å². The second-order valence-electron chi connectivity index (χ2n) is 13.2. The lowest BCUT2D eigenvalue weighted by Crippen LogP contribution is -2.76. The van der Waals surface area contributed by atoms with Gasteiger partial charge in [0, 0.05) is 23.1 Å². The minimum absolute atomic E-state index is 0.0491. The average Bonchev–Trinajstić information content (AvgIpc) is 3.65. The predicted molar refractivity (Wildman–Crippen MR) is 170 cm³/mol. The maximum absolute atomic E-state index is 12.9. The van der Waals surface area contributed by atoms with E-state index < -0.39 is 18.0 Å². The van der Waals surface area contributed by atoms with Crippen molar-refractivity contribution in [1.29, 1.82) is 0 Å². The molecule has 5 aliphatic heterocycles. The summed E-state index contributed by atoms with van der Waals surface area (Å²) in [6.07, 6.45) is 5.35. The van der Waals surface area contributed by atoms with Gasteiger partial charge in [0.1, 0.15) is 69.4 Å². The summed E-state index contributed by atoms with van der Waals surface area (Å²) in [5, 5.41) is 31.1. The molecule has 5 atom stereocenters. The smallest absolute Gasteiger partial charge is 0.352 e. The zero-order valence-corrected chi connectivity index (χ0v) is 27.4. The second kappa shape index (κ2) is 10.7. The van der Waals surface area contributed by atoms with Gasteiger partial charge in [0.25, 0.3) is 6.33 Å². The number of carboxylic acid groups (broad SMARTS) is 1. The highest BCUT2D eigenvalue weighted by molar-refractivity contribution is 7.98. The van der Waals surface area contributed by atoms with Crippen LogP contribution in [0, 0.1) is 11.8 Å². The number of benzene rings is 1. The molecular weight excluding hydrogens is 599 g/mol. The van der Waals surface area contributed by atoms with Crippen molar-refractivity contribution >= 4 is 51.1 Å². The average molecular weight is 641 g/mol. The quantitative estimate of drug-likeness (QED) is 0.144. The number of carboxylic acids is 1. The van der Waals surface area contributed by atoms with Crippen LogP contribution in [0.1, 0.15) is 37.3 Å². The van der Waals surface area contributed by atoms with E-state index in [0.29, 0.717) is 5.57 Å². The molecule has 3 aromatic rings. The van der Waals surface area contributed by atoms with E-state index in [0.717, 1.165) is 69.5 Å². The molecule has 12 heteroatoms. The van der Waals surface area contributed by atoms with Gasteiger partial charge in [0.05, 0.1) is 29.5 Å². The van der Waals surface area contributed by atoms with Crippen molar-refractivity contribution in [2.24, 2.45) is 11.8 Å². The number of aliphatic hydroxyl groups excluding tert-OH is 2. The number of aliphatic carboxylic acids is 1. The van der Waals surface area contributed by atoms with Gasteiger partial charge >= 0.3 is 5.97 Å². The zero-order chi connectivity index (χ0) is 31.1. The van der Waals surface area contributed by atoms with E-state index in [4.69, 9.17) is 0 Å². The molecule has 2 aromatic heterocycles. The van der Waals surface area contributed by atoms with Crippen LogP contribution in [0.15, 0.2) is 47.5 Å². The van der Waals surface area contributed by atoms with E-state index in [-0.39, 0.29) is 36.2 Å². The van der Waals surface area contributed by atoms with Crippen LogP contribution in [-0.4, -0.2) is 112 Å². The van der Waals surface area contributed by atoms with Gasteiger partial charge < -0.3 is 24.7 Å². The number of imidazole rings is 1. The van der Waals surface area contributed by atoms with Crippen LogP contribution in [0.2, 0.25) is 0 Å². The molecule has 4 fully saturated rings. The van der Waals surface area contributed by atoms with Crippen molar-refractivity contribution < 1.29 is 34.0 Å². The molecule has 1 unspecified atom stereocenters. The summed E-state index contributed by atoms with van der Waals surface area (Å²) in [7, 11) is 0. The van der Waals surface area contributed by atoms with Crippen LogP contribution in [0.5, 0.6) is 0 Å². The highest BCUT2D eigenvalue weighted by atomic mass is 32.2. The number of hydrogen-bond donors (Lipinski definition) is 3. The van der Waals surface area contributed by atoms with E-state index in [9.17, 15) is 24.9 Å². The van der Waals surface area contributed by atoms with Crippen LogP contribution >= 0.6 is 23.1 Å². The summed E-state index contributed by atoms with van der Waals surface area (Å²) in [5.74, 6) is -2.19. The topological polar surface area (TPSA) is 106 Å². The molecule has 8 rings (SSSR count). The van der Waals surface area contributed by atoms with Crippen molar-refractivity contribution in [3.63, 3.8) is 0 Å². The van der Waals surface area contributed by atoms with Crippen molar-refractivity contribution in [2.45, 2.75) is 44.0 Å². The molecule has 1 aromatic carbocycles. The van der Waals surface area contributed by atoms with Crippen LogP contribution in [0.25, 0.3) is 10.4 Å². The minimum atomic E-state index is -1.11. The number of rotatable bonds is 9. The first-order valence-electron chi connectivity index (χ1n) is 15.6. The molecule has 4 saturated heterocycles. The first-order chi connectivity index (χ1) is 21.0. The van der Waals surface area contributed by atoms with Crippen molar-refractivity contribution in [1.82, 2.24) is 13.8 Å². The Hall–Kier alpha value is -2.74. The maximum atomic E-state index is 12.9. The number of nitrogens with zero attached hydrogens (tertiary/aromatic N) is 5. The Kier molecular flexibility index (Phi) is 7.26. The molecule has 234 valence electrons. The molecule has 0 radical (unpaired) electrons. The number of hydrogen-bond acceptors (Lipinski definition) is 6. The molecule has 3 N–H and O–H groups in total. The molecule has 0 aliphatic carbocycles. The van der Waals surface area contributed by atoms with Crippen LogP contribution in [0.4, 0.5) is 5.69 Å². The van der Waals surface area contributed by atoms with E-state index >= 15 is 0 Å². The minimum Gasteiger partial charge on any atom is -0.477 e. The number of thiazole rings is 1. The summed E-state index contributed by atoms with van der Waals surface area (Å²) in [6, 6.07) is 8.83. The fourth-order valence-electron chi connectivity index (χ4n) is 8.45. The van der Waals surface area contributed by atoms with Crippen molar-refractivity contribution in [2.75, 3.05) is 58.7 Å². The Balaban J connectivity index is 1.20. The summed E-state index contributed by atoms with van der Waals surface area (Å²) >= 11 is 3.24. The number of fused-ring (bicyclic) bond motifs is 5. The Morgan fingerprint density at radius 1 is 1.18 bits per heavy atom. The van der Waals surface area contributed by atoms with Crippen LogP contribution < -0.4 is 9.05 Å². The third-order valence-corrected chi connectivity index (χ3v) is 13.2. The summed E-state index contributed by atoms with van der Waals surface area (Å²) in [6.45, 7) is 13.6. The lowest BCUT2D eigenvalue weighted by Gasteiger charge is -2.55. The number of β-lactam (4-membered cyclic amide) rings is 1. The molecule has 0 saturated carbocycles. The number of thioether (sulfide) groups is 1. The lowest BCUT2D eigenvalue weighted by molar-refractivity contribution is -0.940. The second-order valence-corrected chi connectivity index (χ2v) is 15.0. The SMILES string of the molecule is CSc1c2sc(C3=C(C(=O)O)N4C(=O)[C@H]([C@@H](C)O)[C@H]4[C@H]3C)cn2c[n+]1C(C)c1cccc([N+]23CC[N+](CCO)(CC2)CC3)c1. The number of piperazine rings is 3. The number of carbonyl (C=O) groups excluding carboxylic acids is 1. The van der Waals surface area contributed by atoms with Crippen molar-refractivity contribution in [3.8, 4) is 0 Å². The molecule has 0 spiro atoms. The van der Waals surface area contributed by atoms with Gasteiger partial charge in [-0.1, -0.05) is 42.2 Å². The third kappa shape index (κ3) is 4.25. The van der Waals surface area contributed by atoms with Gasteiger partial charge in [-0.2, -0.15) is 4.40 Å². The van der Waals surface area contributed by atoms with Gasteiger partial charge in [-0.05, 0) is 26.2 Å². The zero-order valence-electron chi connectivity index (χ0n) is 25.7. The molecule has 2 bridgehead atoms. The first-order valence-corrected chi connectivity index (χ1v) is 17.6. The van der Waals surface area contributed by atoms with E-state index in [1.54, 1.807) is 30.0 Å². The van der Waals surface area contributed by atoms with Gasteiger partial charge in [0.2, 0.25) is 15.8 Å². The third-order valence-electron chi connectivity index (χ3n) is 11.1. The molecule has 5 aliphatic rings. The number of carbonyl (C=O) groups is 2. The van der Waals surface area contributed by atoms with Gasteiger partial charge in [-0.25, -0.2) is 9.36 Å². The number of quaternary nitrogens is 2. The Morgan fingerprint density at radius 2 is 1.89 bits per heavy atom. The fourth-order valence-corrected chi connectivity index (χ4v) is 10.7. The summed E-state index contributed by atoms with van der Waals surface area (Å²) in [5.41, 5.74) is 3.36. The molecule has 10 nitrogen and oxygen atoms in total. The van der Waals surface area contributed by atoms with Crippen LogP contribution in [-0.2, 0) is 9.59 Å². The van der Waals surface area contributed by atoms with Crippen molar-refractivity contribution in [3.05, 3.63) is 52.9 Å². The fraction of sp³-hybridized carbons (Fsp3) is 0.531. The van der Waals surface area contributed by atoms with Gasteiger partial charge in [-0.3, -0.25) is 9.28 Å². The summed E-state index contributed by atoms with van der Waals surface area (Å²) in [4.78, 5) is 28.5.